The van der Waals surface area contributed by atoms with Gasteiger partial charge in [-0.05, 0) is 23.9 Å². The van der Waals surface area contributed by atoms with Crippen LogP contribution < -0.4 is 16.4 Å². The molecule has 1 aromatic carbocycles. The Bertz CT molecular complexity index is 763. The van der Waals surface area contributed by atoms with E-state index in [-0.39, 0.29) is 18.0 Å². The average Bonchev–Trinajstić information content (AvgIpc) is 3.08. The van der Waals surface area contributed by atoms with Crippen molar-refractivity contribution in [3.05, 3.63) is 62.3 Å². The maximum atomic E-state index is 12.3. The van der Waals surface area contributed by atoms with Gasteiger partial charge in [-0.2, -0.15) is 0 Å². The van der Waals surface area contributed by atoms with Crippen molar-refractivity contribution in [3.8, 4) is 0 Å². The molecule has 4 N–H and O–H groups in total. The van der Waals surface area contributed by atoms with Crippen LogP contribution in [0.15, 0.2) is 41.8 Å². The molecule has 2 rings (SSSR count). The Morgan fingerprint density at radius 2 is 2.04 bits per heavy atom. The van der Waals surface area contributed by atoms with Crippen LogP contribution in [0.2, 0.25) is 0 Å². The van der Waals surface area contributed by atoms with Crippen molar-refractivity contribution in [2.45, 2.75) is 25.4 Å². The van der Waals surface area contributed by atoms with E-state index in [1.807, 2.05) is 17.5 Å². The molecule has 132 valence electrons. The third kappa shape index (κ3) is 5.28. The average molecular weight is 362 g/mol. The number of urea groups is 1. The largest absolute Gasteiger partial charge is 0.352 e. The molecule has 8 nitrogen and oxygen atoms in total. The summed E-state index contributed by atoms with van der Waals surface area (Å²) >= 11 is 1.41. The molecule has 0 radical (unpaired) electrons. The van der Waals surface area contributed by atoms with E-state index in [0.717, 1.165) is 4.88 Å². The fraction of sp³-hybridized carbons (Fsp3) is 0.250. The standard InChI is InChI=1S/C16H18N4O4S/c1-10(11-4-2-5-12(8-11)20(23)24)18-15(21)9-13(19-16(17)22)14-6-3-7-25-14/h2-8,10,13H,9H2,1H3,(H,18,21)(H3,17,19,22). The van der Waals surface area contributed by atoms with Crippen molar-refractivity contribution in [2.75, 3.05) is 0 Å². The lowest BCUT2D eigenvalue weighted by Gasteiger charge is -2.19. The van der Waals surface area contributed by atoms with Crippen LogP contribution in [0, 0.1) is 10.1 Å². The number of nitrogens with two attached hydrogens (primary N) is 1. The van der Waals surface area contributed by atoms with Crippen LogP contribution in [-0.2, 0) is 4.79 Å². The number of nitro benzene ring substituents is 1. The van der Waals surface area contributed by atoms with Gasteiger partial charge in [0.25, 0.3) is 5.69 Å². The molecule has 2 atom stereocenters. The molecule has 0 fully saturated rings. The molecular weight excluding hydrogens is 344 g/mol. The van der Waals surface area contributed by atoms with E-state index in [4.69, 9.17) is 5.73 Å². The van der Waals surface area contributed by atoms with Crippen LogP contribution in [0.5, 0.6) is 0 Å². The van der Waals surface area contributed by atoms with E-state index in [9.17, 15) is 19.7 Å². The SMILES string of the molecule is CC(NC(=O)CC(NC(N)=O)c1cccs1)c1cccc([N+](=O)[O-])c1. The normalized spacial score (nSPS) is 12.8. The summed E-state index contributed by atoms with van der Waals surface area (Å²) in [6.07, 6.45) is 0.0166. The number of non-ortho nitro benzene ring substituents is 1. The van der Waals surface area contributed by atoms with Gasteiger partial charge < -0.3 is 16.4 Å². The van der Waals surface area contributed by atoms with Crippen molar-refractivity contribution in [1.82, 2.24) is 10.6 Å². The predicted molar refractivity (Wildman–Crippen MR) is 94.1 cm³/mol. The zero-order chi connectivity index (χ0) is 18.4. The van der Waals surface area contributed by atoms with Gasteiger partial charge >= 0.3 is 6.03 Å². The molecule has 0 aliphatic carbocycles. The van der Waals surface area contributed by atoms with Gasteiger partial charge in [-0.3, -0.25) is 14.9 Å². The maximum absolute atomic E-state index is 12.3. The number of hydrogen-bond acceptors (Lipinski definition) is 5. The number of carbonyl (C=O) groups excluding carboxylic acids is 2. The predicted octanol–water partition coefficient (Wildman–Crippen LogP) is 2.63. The Morgan fingerprint density at radius 3 is 2.64 bits per heavy atom. The topological polar surface area (TPSA) is 127 Å². The molecule has 0 saturated carbocycles. The highest BCUT2D eigenvalue weighted by molar-refractivity contribution is 7.10. The third-order valence-corrected chi connectivity index (χ3v) is 4.54. The lowest BCUT2D eigenvalue weighted by molar-refractivity contribution is -0.384. The first-order valence-corrected chi connectivity index (χ1v) is 8.38. The Morgan fingerprint density at radius 1 is 1.28 bits per heavy atom. The number of carbonyl (C=O) groups is 2. The number of primary amides is 1. The molecule has 3 amide bonds. The number of benzene rings is 1. The van der Waals surface area contributed by atoms with Gasteiger partial charge in [0.05, 0.1) is 23.4 Å². The number of nitrogens with zero attached hydrogens (tertiary/aromatic N) is 1. The van der Waals surface area contributed by atoms with Gasteiger partial charge in [0, 0.05) is 17.0 Å². The molecule has 9 heteroatoms. The monoisotopic (exact) mass is 362 g/mol. The van der Waals surface area contributed by atoms with Crippen LogP contribution in [0.1, 0.15) is 35.9 Å². The van der Waals surface area contributed by atoms with Crippen LogP contribution in [0.3, 0.4) is 0 Å². The molecule has 1 aromatic heterocycles. The van der Waals surface area contributed by atoms with Gasteiger partial charge in [-0.15, -0.1) is 11.3 Å². The minimum Gasteiger partial charge on any atom is -0.352 e. The highest BCUT2D eigenvalue weighted by Crippen LogP contribution is 2.23. The number of amides is 3. The van der Waals surface area contributed by atoms with Crippen molar-refractivity contribution < 1.29 is 14.5 Å². The van der Waals surface area contributed by atoms with Gasteiger partial charge in [-0.1, -0.05) is 18.2 Å². The Hall–Kier alpha value is -2.94. The van der Waals surface area contributed by atoms with Gasteiger partial charge in [0.1, 0.15) is 0 Å². The van der Waals surface area contributed by atoms with Crippen molar-refractivity contribution in [2.24, 2.45) is 5.73 Å². The zero-order valence-corrected chi connectivity index (χ0v) is 14.3. The molecule has 0 bridgehead atoms. The summed E-state index contributed by atoms with van der Waals surface area (Å²) in [6, 6.07) is 8.07. The van der Waals surface area contributed by atoms with E-state index >= 15 is 0 Å². The first-order chi connectivity index (χ1) is 11.9. The highest BCUT2D eigenvalue weighted by Gasteiger charge is 2.20. The quantitative estimate of drug-likeness (QED) is 0.517. The summed E-state index contributed by atoms with van der Waals surface area (Å²) in [5.74, 6) is -0.300. The number of rotatable bonds is 7. The van der Waals surface area contributed by atoms with E-state index in [2.05, 4.69) is 10.6 Å². The number of thiophene rings is 1. The lowest BCUT2D eigenvalue weighted by atomic mass is 10.1. The van der Waals surface area contributed by atoms with Gasteiger partial charge in [0.2, 0.25) is 5.91 Å². The second-order valence-corrected chi connectivity index (χ2v) is 6.40. The fourth-order valence-electron chi connectivity index (χ4n) is 2.36. The molecule has 0 spiro atoms. The van der Waals surface area contributed by atoms with Crippen molar-refractivity contribution in [1.29, 1.82) is 0 Å². The smallest absolute Gasteiger partial charge is 0.312 e. The second kappa shape index (κ2) is 8.25. The van der Waals surface area contributed by atoms with Crippen LogP contribution >= 0.6 is 11.3 Å². The summed E-state index contributed by atoms with van der Waals surface area (Å²) in [6.45, 7) is 1.73. The number of hydrogen-bond donors (Lipinski definition) is 3. The summed E-state index contributed by atoms with van der Waals surface area (Å²) in [5.41, 5.74) is 5.76. The van der Waals surface area contributed by atoms with E-state index in [0.29, 0.717) is 5.56 Å². The summed E-state index contributed by atoms with van der Waals surface area (Å²) in [4.78, 5) is 34.6. The summed E-state index contributed by atoms with van der Waals surface area (Å²) in [5, 5.41) is 18.0. The van der Waals surface area contributed by atoms with E-state index in [1.54, 1.807) is 19.1 Å². The van der Waals surface area contributed by atoms with Gasteiger partial charge in [0.15, 0.2) is 0 Å². The molecule has 2 unspecified atom stereocenters. The zero-order valence-electron chi connectivity index (χ0n) is 13.5. The molecule has 0 saturated heterocycles. The second-order valence-electron chi connectivity index (χ2n) is 5.42. The van der Waals surface area contributed by atoms with Crippen molar-refractivity contribution >= 4 is 29.0 Å². The van der Waals surface area contributed by atoms with E-state index in [1.165, 1.54) is 23.5 Å². The fourth-order valence-corrected chi connectivity index (χ4v) is 3.14. The molecule has 0 aliphatic heterocycles. The molecule has 0 aliphatic rings. The first-order valence-electron chi connectivity index (χ1n) is 7.50. The number of nitro groups is 1. The highest BCUT2D eigenvalue weighted by atomic mass is 32.1. The molecule has 2 aromatic rings. The van der Waals surface area contributed by atoms with Crippen LogP contribution in [0.25, 0.3) is 0 Å². The van der Waals surface area contributed by atoms with Crippen molar-refractivity contribution in [3.63, 3.8) is 0 Å². The summed E-state index contributed by atoms with van der Waals surface area (Å²) in [7, 11) is 0. The lowest BCUT2D eigenvalue weighted by Crippen LogP contribution is -2.36. The molecule has 1 heterocycles. The van der Waals surface area contributed by atoms with Crippen LogP contribution in [0.4, 0.5) is 10.5 Å². The maximum Gasteiger partial charge on any atom is 0.312 e. The summed E-state index contributed by atoms with van der Waals surface area (Å²) < 4.78 is 0. The number of nitrogens with one attached hydrogen (secondary N) is 2. The Labute approximate surface area is 148 Å². The third-order valence-electron chi connectivity index (χ3n) is 3.55. The Kier molecular flexibility index (Phi) is 6.07. The minimum absolute atomic E-state index is 0.0166. The first kappa shape index (κ1) is 18.4. The van der Waals surface area contributed by atoms with Crippen LogP contribution in [-0.4, -0.2) is 16.9 Å². The molecule has 25 heavy (non-hydrogen) atoms. The van der Waals surface area contributed by atoms with Gasteiger partial charge in [-0.25, -0.2) is 4.79 Å². The Balaban J connectivity index is 2.03. The van der Waals surface area contributed by atoms with E-state index < -0.39 is 23.0 Å². The molecular formula is C16H18N4O4S. The minimum atomic E-state index is -0.710.